The minimum absolute atomic E-state index is 0.299. The molecule has 0 aromatic heterocycles. The first kappa shape index (κ1) is 13.2. The summed E-state index contributed by atoms with van der Waals surface area (Å²) in [5.74, 6) is -0.444. The molecule has 0 fully saturated rings. The summed E-state index contributed by atoms with van der Waals surface area (Å²) in [5.41, 5.74) is 1.10. The van der Waals surface area contributed by atoms with Crippen LogP contribution in [-0.4, -0.2) is 38.3 Å². The van der Waals surface area contributed by atoms with Gasteiger partial charge in [0.2, 0.25) is 6.10 Å². The van der Waals surface area contributed by atoms with Gasteiger partial charge in [-0.2, -0.15) is 0 Å². The third-order valence-corrected chi connectivity index (χ3v) is 2.70. The average molecular weight is 265 g/mol. The lowest BCUT2D eigenvalue weighted by molar-refractivity contribution is -0.150. The Hall–Kier alpha value is -2.24. The molecule has 0 amide bonds. The fraction of sp³-hybridized carbons (Fsp3) is 0.385. The maximum Gasteiger partial charge on any atom is 0.349 e. The third kappa shape index (κ3) is 2.78. The highest BCUT2D eigenvalue weighted by Gasteiger charge is 2.27. The number of fused-ring (bicyclic) bond motifs is 1. The Balaban J connectivity index is 2.18. The molecule has 1 aliphatic heterocycles. The molecule has 0 saturated heterocycles. The third-order valence-electron chi connectivity index (χ3n) is 2.70. The molecule has 6 nitrogen and oxygen atoms in total. The molecule has 0 radical (unpaired) electrons. The molecule has 1 aromatic carbocycles. The average Bonchev–Trinajstić information content (AvgIpc) is 2.45. The Bertz CT molecular complexity index is 500. The molecule has 1 aromatic rings. The van der Waals surface area contributed by atoms with E-state index in [1.54, 1.807) is 25.1 Å². The van der Waals surface area contributed by atoms with Gasteiger partial charge in [-0.25, -0.2) is 9.59 Å². The van der Waals surface area contributed by atoms with Crippen LogP contribution in [0.5, 0.6) is 5.75 Å². The fourth-order valence-electron chi connectivity index (χ4n) is 1.77. The fourth-order valence-corrected chi connectivity index (χ4v) is 1.77. The van der Waals surface area contributed by atoms with Crippen molar-refractivity contribution < 1.29 is 23.8 Å². The summed E-state index contributed by atoms with van der Waals surface area (Å²) in [7, 11) is 1.31. The van der Waals surface area contributed by atoms with Gasteiger partial charge in [0.15, 0.2) is 0 Å². The number of esters is 2. The van der Waals surface area contributed by atoms with Gasteiger partial charge in [-0.1, -0.05) is 0 Å². The van der Waals surface area contributed by atoms with Crippen molar-refractivity contribution in [1.82, 2.24) is 0 Å². The van der Waals surface area contributed by atoms with Gasteiger partial charge in [0.25, 0.3) is 0 Å². The van der Waals surface area contributed by atoms with Gasteiger partial charge in [0, 0.05) is 0 Å². The molecule has 1 atom stereocenters. The lowest BCUT2D eigenvalue weighted by atomic mass is 10.1. The lowest BCUT2D eigenvalue weighted by Crippen LogP contribution is -2.39. The molecule has 0 aliphatic carbocycles. The van der Waals surface area contributed by atoms with Crippen molar-refractivity contribution in [3.05, 3.63) is 23.8 Å². The van der Waals surface area contributed by atoms with E-state index in [1.165, 1.54) is 7.11 Å². The Morgan fingerprint density at radius 2 is 2.26 bits per heavy atom. The maximum absolute atomic E-state index is 11.6. The van der Waals surface area contributed by atoms with Gasteiger partial charge in [0.05, 0.1) is 31.5 Å². The van der Waals surface area contributed by atoms with Gasteiger partial charge in [0.1, 0.15) is 5.75 Å². The summed E-state index contributed by atoms with van der Waals surface area (Å²) in [6.07, 6.45) is -0.708. The minimum atomic E-state index is -0.708. The van der Waals surface area contributed by atoms with Crippen LogP contribution >= 0.6 is 0 Å². The van der Waals surface area contributed by atoms with Gasteiger partial charge in [-0.05, 0) is 25.1 Å². The number of benzene rings is 1. The molecule has 1 N–H and O–H groups in total. The van der Waals surface area contributed by atoms with Crippen molar-refractivity contribution >= 4 is 17.6 Å². The van der Waals surface area contributed by atoms with Crippen LogP contribution in [-0.2, 0) is 14.3 Å². The van der Waals surface area contributed by atoms with E-state index in [2.05, 4.69) is 10.1 Å². The molecule has 0 spiro atoms. The Morgan fingerprint density at radius 1 is 1.47 bits per heavy atom. The quantitative estimate of drug-likeness (QED) is 0.828. The number of methoxy groups -OCH3 is 1. The molecule has 1 aliphatic rings. The van der Waals surface area contributed by atoms with E-state index in [9.17, 15) is 9.59 Å². The molecule has 0 bridgehead atoms. The molecule has 2 rings (SSSR count). The van der Waals surface area contributed by atoms with Crippen molar-refractivity contribution in [2.45, 2.75) is 13.0 Å². The van der Waals surface area contributed by atoms with Crippen LogP contribution in [0.2, 0.25) is 0 Å². The summed E-state index contributed by atoms with van der Waals surface area (Å²) >= 11 is 0. The number of ether oxygens (including phenoxy) is 3. The highest BCUT2D eigenvalue weighted by Crippen LogP contribution is 2.30. The van der Waals surface area contributed by atoms with Crippen LogP contribution in [0.1, 0.15) is 17.3 Å². The smallest absolute Gasteiger partial charge is 0.349 e. The van der Waals surface area contributed by atoms with Crippen LogP contribution in [0, 0.1) is 0 Å². The van der Waals surface area contributed by atoms with E-state index in [-0.39, 0.29) is 0 Å². The minimum Gasteiger partial charge on any atom is -0.475 e. The maximum atomic E-state index is 11.6. The lowest BCUT2D eigenvalue weighted by Gasteiger charge is -2.26. The van der Waals surface area contributed by atoms with E-state index in [1.807, 2.05) is 0 Å². The van der Waals surface area contributed by atoms with Gasteiger partial charge >= 0.3 is 11.9 Å². The highest BCUT2D eigenvalue weighted by molar-refractivity contribution is 5.91. The largest absolute Gasteiger partial charge is 0.475 e. The first-order chi connectivity index (χ1) is 9.15. The predicted molar refractivity (Wildman–Crippen MR) is 67.3 cm³/mol. The van der Waals surface area contributed by atoms with Crippen LogP contribution in [0.4, 0.5) is 5.69 Å². The van der Waals surface area contributed by atoms with Crippen molar-refractivity contribution in [2.24, 2.45) is 0 Å². The highest BCUT2D eigenvalue weighted by atomic mass is 16.6. The monoisotopic (exact) mass is 265 g/mol. The molecule has 6 heteroatoms. The summed E-state index contributed by atoms with van der Waals surface area (Å²) in [4.78, 5) is 23.0. The molecular weight excluding hydrogens is 250 g/mol. The molecule has 1 heterocycles. The van der Waals surface area contributed by atoms with Crippen LogP contribution < -0.4 is 10.1 Å². The Labute approximate surface area is 110 Å². The molecule has 102 valence electrons. The topological polar surface area (TPSA) is 73.9 Å². The number of hydrogen-bond donors (Lipinski definition) is 1. The first-order valence-corrected chi connectivity index (χ1v) is 5.95. The van der Waals surface area contributed by atoms with E-state index >= 15 is 0 Å². The second-order valence-electron chi connectivity index (χ2n) is 3.94. The van der Waals surface area contributed by atoms with Gasteiger partial charge in [-0.15, -0.1) is 0 Å². The number of rotatable bonds is 3. The van der Waals surface area contributed by atoms with Crippen molar-refractivity contribution in [3.8, 4) is 5.75 Å². The Morgan fingerprint density at radius 3 is 2.95 bits per heavy atom. The zero-order valence-corrected chi connectivity index (χ0v) is 10.8. The zero-order chi connectivity index (χ0) is 13.8. The van der Waals surface area contributed by atoms with Crippen LogP contribution in [0.15, 0.2) is 18.2 Å². The molecule has 19 heavy (non-hydrogen) atoms. The number of carbonyl (C=O) groups is 2. The van der Waals surface area contributed by atoms with E-state index in [0.717, 1.165) is 5.69 Å². The molecular formula is C13H15NO5. The summed E-state index contributed by atoms with van der Waals surface area (Å²) < 4.78 is 15.1. The van der Waals surface area contributed by atoms with E-state index in [4.69, 9.17) is 9.47 Å². The molecule has 1 unspecified atom stereocenters. The number of carbonyl (C=O) groups excluding carboxylic acids is 2. The second-order valence-corrected chi connectivity index (χ2v) is 3.94. The van der Waals surface area contributed by atoms with E-state index < -0.39 is 18.0 Å². The first-order valence-electron chi connectivity index (χ1n) is 5.95. The van der Waals surface area contributed by atoms with Crippen LogP contribution in [0.25, 0.3) is 0 Å². The Kier molecular flexibility index (Phi) is 3.89. The van der Waals surface area contributed by atoms with E-state index in [0.29, 0.717) is 24.5 Å². The van der Waals surface area contributed by atoms with Crippen molar-refractivity contribution in [3.63, 3.8) is 0 Å². The van der Waals surface area contributed by atoms with Crippen molar-refractivity contribution in [1.29, 1.82) is 0 Å². The summed E-state index contributed by atoms with van der Waals surface area (Å²) in [6.45, 7) is 2.37. The normalized spacial score (nSPS) is 16.6. The van der Waals surface area contributed by atoms with Crippen molar-refractivity contribution in [2.75, 3.05) is 25.6 Å². The zero-order valence-electron chi connectivity index (χ0n) is 10.8. The number of anilines is 1. The second kappa shape index (κ2) is 5.60. The van der Waals surface area contributed by atoms with Gasteiger partial charge in [-0.3, -0.25) is 0 Å². The predicted octanol–water partition coefficient (Wildman–Crippen LogP) is 1.21. The number of hydrogen-bond acceptors (Lipinski definition) is 6. The summed E-state index contributed by atoms with van der Waals surface area (Å²) in [5, 5.41) is 3.06. The SMILES string of the molecule is CCOC(=O)C1CNc2ccc(C(=O)OC)cc2O1. The summed E-state index contributed by atoms with van der Waals surface area (Å²) in [6, 6.07) is 4.88. The standard InChI is InChI=1S/C13H15NO5/c1-3-18-13(16)11-7-14-9-5-4-8(12(15)17-2)6-10(9)19-11/h4-6,11,14H,3,7H2,1-2H3. The molecule has 0 saturated carbocycles. The van der Waals surface area contributed by atoms with Gasteiger partial charge < -0.3 is 19.5 Å². The number of nitrogens with one attached hydrogen (secondary N) is 1. The van der Waals surface area contributed by atoms with Crippen LogP contribution in [0.3, 0.4) is 0 Å².